The second-order valence-electron chi connectivity index (χ2n) is 3.91. The first-order valence-electron chi connectivity index (χ1n) is 5.64. The fourth-order valence-electron chi connectivity index (χ4n) is 1.77. The summed E-state index contributed by atoms with van der Waals surface area (Å²) in [7, 11) is 0. The summed E-state index contributed by atoms with van der Waals surface area (Å²) >= 11 is 0. The van der Waals surface area contributed by atoms with Gasteiger partial charge in [-0.2, -0.15) is 0 Å². The Labute approximate surface area is 95.1 Å². The average molecular weight is 224 g/mol. The maximum atomic E-state index is 13.4. The molecule has 0 bridgehead atoms. The minimum Gasteiger partial charge on any atom is -0.481 e. The molecule has 0 amide bonds. The van der Waals surface area contributed by atoms with Gasteiger partial charge in [-0.05, 0) is 12.5 Å². The number of carbonyl (C=O) groups is 1. The molecule has 1 aromatic carbocycles. The predicted octanol–water partition coefficient (Wildman–Crippen LogP) is 3.57. The van der Waals surface area contributed by atoms with Crippen LogP contribution in [0.15, 0.2) is 24.3 Å². The fourth-order valence-corrected chi connectivity index (χ4v) is 1.77. The van der Waals surface area contributed by atoms with E-state index in [-0.39, 0.29) is 0 Å². The van der Waals surface area contributed by atoms with Gasteiger partial charge in [0.05, 0.1) is 5.92 Å². The van der Waals surface area contributed by atoms with Crippen LogP contribution >= 0.6 is 0 Å². The highest BCUT2D eigenvalue weighted by atomic mass is 19.1. The van der Waals surface area contributed by atoms with Crippen molar-refractivity contribution in [3.63, 3.8) is 0 Å². The van der Waals surface area contributed by atoms with Crippen LogP contribution in [0.5, 0.6) is 0 Å². The van der Waals surface area contributed by atoms with Gasteiger partial charge >= 0.3 is 5.97 Å². The molecule has 1 aromatic rings. The van der Waals surface area contributed by atoms with Gasteiger partial charge in [-0.25, -0.2) is 4.39 Å². The Bertz CT molecular complexity index is 350. The van der Waals surface area contributed by atoms with Crippen molar-refractivity contribution in [2.75, 3.05) is 0 Å². The lowest BCUT2D eigenvalue weighted by atomic mass is 9.93. The van der Waals surface area contributed by atoms with E-state index in [2.05, 4.69) is 6.92 Å². The van der Waals surface area contributed by atoms with E-state index in [1.165, 1.54) is 6.07 Å². The van der Waals surface area contributed by atoms with E-state index in [4.69, 9.17) is 5.11 Å². The molecular formula is C13H17FO2. The van der Waals surface area contributed by atoms with Crippen molar-refractivity contribution < 1.29 is 14.3 Å². The number of carboxylic acids is 1. The minimum absolute atomic E-state index is 0.297. The largest absolute Gasteiger partial charge is 0.481 e. The number of halogens is 1. The topological polar surface area (TPSA) is 37.3 Å². The molecule has 0 saturated carbocycles. The number of benzene rings is 1. The van der Waals surface area contributed by atoms with Crippen LogP contribution < -0.4 is 0 Å². The lowest BCUT2D eigenvalue weighted by molar-refractivity contribution is -0.139. The minimum atomic E-state index is -0.943. The van der Waals surface area contributed by atoms with Gasteiger partial charge in [-0.3, -0.25) is 4.79 Å². The Morgan fingerprint density at radius 3 is 2.62 bits per heavy atom. The van der Waals surface area contributed by atoms with Gasteiger partial charge in [0.2, 0.25) is 0 Å². The maximum Gasteiger partial charge on any atom is 0.311 e. The standard InChI is InChI=1S/C13H17FO2/c1-2-3-4-8-11(13(15)16)10-7-5-6-9-12(10)14/h5-7,9,11H,2-4,8H2,1H3,(H,15,16). The molecule has 0 aromatic heterocycles. The molecule has 0 spiro atoms. The third kappa shape index (κ3) is 3.33. The molecule has 0 aliphatic rings. The summed E-state index contributed by atoms with van der Waals surface area (Å²) < 4.78 is 13.4. The molecule has 16 heavy (non-hydrogen) atoms. The summed E-state index contributed by atoms with van der Waals surface area (Å²) in [5, 5.41) is 9.08. The summed E-state index contributed by atoms with van der Waals surface area (Å²) in [6.07, 6.45) is 3.34. The lowest BCUT2D eigenvalue weighted by Gasteiger charge is -2.13. The van der Waals surface area contributed by atoms with Gasteiger partial charge < -0.3 is 5.11 Å². The fraction of sp³-hybridized carbons (Fsp3) is 0.462. The molecule has 0 fully saturated rings. The molecule has 0 saturated heterocycles. The lowest BCUT2D eigenvalue weighted by Crippen LogP contribution is -2.13. The number of unbranched alkanes of at least 4 members (excludes halogenated alkanes) is 2. The van der Waals surface area contributed by atoms with Crippen molar-refractivity contribution >= 4 is 5.97 Å². The van der Waals surface area contributed by atoms with Gasteiger partial charge in [0.25, 0.3) is 0 Å². The molecule has 1 atom stereocenters. The summed E-state index contributed by atoms with van der Waals surface area (Å²) in [4.78, 5) is 11.1. The molecule has 3 heteroatoms. The maximum absolute atomic E-state index is 13.4. The molecule has 2 nitrogen and oxygen atoms in total. The highest BCUT2D eigenvalue weighted by Gasteiger charge is 2.21. The van der Waals surface area contributed by atoms with Crippen LogP contribution in [0.1, 0.15) is 44.1 Å². The number of carboxylic acid groups (broad SMARTS) is 1. The number of rotatable bonds is 6. The summed E-state index contributed by atoms with van der Waals surface area (Å²) in [6, 6.07) is 6.11. The Morgan fingerprint density at radius 2 is 2.06 bits per heavy atom. The zero-order valence-corrected chi connectivity index (χ0v) is 9.45. The van der Waals surface area contributed by atoms with E-state index in [0.717, 1.165) is 19.3 Å². The van der Waals surface area contributed by atoms with Crippen LogP contribution in [0, 0.1) is 5.82 Å². The van der Waals surface area contributed by atoms with Crippen molar-refractivity contribution in [1.29, 1.82) is 0 Å². The Hall–Kier alpha value is -1.38. The molecule has 0 radical (unpaired) electrons. The first-order valence-corrected chi connectivity index (χ1v) is 5.64. The van der Waals surface area contributed by atoms with Crippen molar-refractivity contribution in [2.45, 2.75) is 38.5 Å². The molecule has 1 N–H and O–H groups in total. The number of hydrogen-bond acceptors (Lipinski definition) is 1. The Morgan fingerprint density at radius 1 is 1.38 bits per heavy atom. The molecule has 88 valence electrons. The van der Waals surface area contributed by atoms with Crippen LogP contribution in [0.2, 0.25) is 0 Å². The van der Waals surface area contributed by atoms with Crippen LogP contribution in [-0.4, -0.2) is 11.1 Å². The van der Waals surface area contributed by atoms with Crippen LogP contribution in [0.3, 0.4) is 0 Å². The molecule has 0 heterocycles. The molecule has 1 unspecified atom stereocenters. The normalized spacial score (nSPS) is 12.4. The van der Waals surface area contributed by atoms with E-state index < -0.39 is 17.7 Å². The molecule has 1 rings (SSSR count). The van der Waals surface area contributed by atoms with Crippen LogP contribution in [0.25, 0.3) is 0 Å². The molecular weight excluding hydrogens is 207 g/mol. The van der Waals surface area contributed by atoms with E-state index in [9.17, 15) is 9.18 Å². The van der Waals surface area contributed by atoms with E-state index >= 15 is 0 Å². The van der Waals surface area contributed by atoms with Gasteiger partial charge in [-0.1, -0.05) is 44.4 Å². The van der Waals surface area contributed by atoms with Gasteiger partial charge in [-0.15, -0.1) is 0 Å². The summed E-state index contributed by atoms with van der Waals surface area (Å²) in [5.74, 6) is -2.08. The van der Waals surface area contributed by atoms with Crippen molar-refractivity contribution in [3.8, 4) is 0 Å². The van der Waals surface area contributed by atoms with E-state index in [1.54, 1.807) is 18.2 Å². The van der Waals surface area contributed by atoms with E-state index in [0.29, 0.717) is 12.0 Å². The Balaban J connectivity index is 2.78. The van der Waals surface area contributed by atoms with Crippen molar-refractivity contribution in [3.05, 3.63) is 35.6 Å². The third-order valence-electron chi connectivity index (χ3n) is 2.68. The number of hydrogen-bond donors (Lipinski definition) is 1. The SMILES string of the molecule is CCCCCC(C(=O)O)c1ccccc1F. The van der Waals surface area contributed by atoms with Gasteiger partial charge in [0.15, 0.2) is 0 Å². The van der Waals surface area contributed by atoms with Crippen LogP contribution in [-0.2, 0) is 4.79 Å². The highest BCUT2D eigenvalue weighted by molar-refractivity contribution is 5.76. The average Bonchev–Trinajstić information content (AvgIpc) is 2.25. The molecule has 0 aliphatic carbocycles. The quantitative estimate of drug-likeness (QED) is 0.750. The first kappa shape index (κ1) is 12.7. The van der Waals surface area contributed by atoms with Gasteiger partial charge in [0.1, 0.15) is 5.82 Å². The highest BCUT2D eigenvalue weighted by Crippen LogP contribution is 2.25. The third-order valence-corrected chi connectivity index (χ3v) is 2.68. The summed E-state index contributed by atoms with van der Waals surface area (Å²) in [5.41, 5.74) is 0.297. The summed E-state index contributed by atoms with van der Waals surface area (Å²) in [6.45, 7) is 2.05. The smallest absolute Gasteiger partial charge is 0.311 e. The zero-order valence-electron chi connectivity index (χ0n) is 9.45. The Kier molecular flexibility index (Phi) is 4.96. The second-order valence-corrected chi connectivity index (χ2v) is 3.91. The van der Waals surface area contributed by atoms with Gasteiger partial charge in [0, 0.05) is 5.56 Å². The monoisotopic (exact) mass is 224 g/mol. The number of aliphatic carboxylic acids is 1. The second kappa shape index (κ2) is 6.26. The zero-order chi connectivity index (χ0) is 12.0. The molecule has 0 aliphatic heterocycles. The first-order chi connectivity index (χ1) is 7.66. The van der Waals surface area contributed by atoms with E-state index in [1.807, 2.05) is 0 Å². The predicted molar refractivity (Wildman–Crippen MR) is 60.9 cm³/mol. The van der Waals surface area contributed by atoms with Crippen molar-refractivity contribution in [2.24, 2.45) is 0 Å². The van der Waals surface area contributed by atoms with Crippen LogP contribution in [0.4, 0.5) is 4.39 Å². The van der Waals surface area contributed by atoms with Crippen molar-refractivity contribution in [1.82, 2.24) is 0 Å².